The van der Waals surface area contributed by atoms with Gasteiger partial charge in [0.05, 0.1) is 0 Å². The maximum Gasteiger partial charge on any atom is 0.270 e. The van der Waals surface area contributed by atoms with Gasteiger partial charge in [0.15, 0.2) is 5.13 Å². The molecule has 0 spiro atoms. The molecule has 7 heteroatoms. The van der Waals surface area contributed by atoms with Crippen molar-refractivity contribution in [2.75, 3.05) is 18.0 Å². The van der Waals surface area contributed by atoms with Crippen LogP contribution in [0.3, 0.4) is 0 Å². The zero-order chi connectivity index (χ0) is 14.7. The van der Waals surface area contributed by atoms with Crippen molar-refractivity contribution in [1.82, 2.24) is 20.3 Å². The molecule has 1 saturated heterocycles. The van der Waals surface area contributed by atoms with E-state index in [-0.39, 0.29) is 11.9 Å². The molecule has 0 atom stereocenters. The van der Waals surface area contributed by atoms with Crippen LogP contribution in [0.25, 0.3) is 0 Å². The van der Waals surface area contributed by atoms with Crippen LogP contribution in [0.2, 0.25) is 0 Å². The largest absolute Gasteiger partial charge is 0.348 e. The van der Waals surface area contributed by atoms with Crippen molar-refractivity contribution in [3.05, 3.63) is 35.4 Å². The van der Waals surface area contributed by atoms with E-state index in [0.717, 1.165) is 31.1 Å². The normalized spacial score (nSPS) is 16.0. The van der Waals surface area contributed by atoms with Gasteiger partial charge >= 0.3 is 0 Å². The summed E-state index contributed by atoms with van der Waals surface area (Å²) in [6.07, 6.45) is 6.73. The summed E-state index contributed by atoms with van der Waals surface area (Å²) in [7, 11) is 0. The topological polar surface area (TPSA) is 71.0 Å². The Labute approximate surface area is 127 Å². The van der Waals surface area contributed by atoms with Crippen LogP contribution >= 0.6 is 11.3 Å². The Kier molecular flexibility index (Phi) is 4.10. The van der Waals surface area contributed by atoms with Crippen LogP contribution in [0.5, 0.6) is 0 Å². The third-order valence-corrected chi connectivity index (χ3v) is 4.50. The molecule has 0 aromatic carbocycles. The molecule has 0 saturated carbocycles. The Bertz CT molecular complexity index is 607. The lowest BCUT2D eigenvalue weighted by Gasteiger charge is -2.32. The summed E-state index contributed by atoms with van der Waals surface area (Å²) in [5.74, 6) is -0.124. The number of hydrogen-bond donors (Lipinski definition) is 1. The number of anilines is 1. The minimum atomic E-state index is -0.124. The second kappa shape index (κ2) is 6.17. The predicted molar refractivity (Wildman–Crippen MR) is 81.6 cm³/mol. The number of hydrogen-bond acceptors (Lipinski definition) is 6. The minimum absolute atomic E-state index is 0.124. The number of rotatable bonds is 3. The van der Waals surface area contributed by atoms with Gasteiger partial charge in [0.2, 0.25) is 0 Å². The minimum Gasteiger partial charge on any atom is -0.348 e. The number of carbonyl (C=O) groups is 1. The van der Waals surface area contributed by atoms with Crippen molar-refractivity contribution in [3.63, 3.8) is 0 Å². The van der Waals surface area contributed by atoms with Gasteiger partial charge in [-0.05, 0) is 25.8 Å². The fourth-order valence-electron chi connectivity index (χ4n) is 2.39. The average molecular weight is 303 g/mol. The molecule has 2 aromatic heterocycles. The predicted octanol–water partition coefficient (Wildman–Crippen LogP) is 1.64. The van der Waals surface area contributed by atoms with Gasteiger partial charge in [-0.3, -0.25) is 4.79 Å². The Balaban J connectivity index is 1.53. The van der Waals surface area contributed by atoms with Crippen LogP contribution in [-0.2, 0) is 0 Å². The molecule has 6 nitrogen and oxygen atoms in total. The zero-order valence-electron chi connectivity index (χ0n) is 11.8. The summed E-state index contributed by atoms with van der Waals surface area (Å²) < 4.78 is 0. The monoisotopic (exact) mass is 303 g/mol. The molecule has 3 heterocycles. The molecular formula is C14H17N5OS. The Morgan fingerprint density at radius 3 is 2.81 bits per heavy atom. The number of carbonyl (C=O) groups excluding carboxylic acids is 1. The van der Waals surface area contributed by atoms with E-state index in [0.29, 0.717) is 5.69 Å². The number of aryl methyl sites for hydroxylation is 1. The van der Waals surface area contributed by atoms with E-state index in [1.807, 2.05) is 6.20 Å². The molecular weight excluding hydrogens is 286 g/mol. The van der Waals surface area contributed by atoms with Crippen LogP contribution < -0.4 is 10.2 Å². The molecule has 1 aliphatic rings. The molecule has 1 aliphatic heterocycles. The summed E-state index contributed by atoms with van der Waals surface area (Å²) in [6, 6.07) is 1.83. The lowest BCUT2D eigenvalue weighted by molar-refractivity contribution is 0.0926. The Morgan fingerprint density at radius 1 is 1.38 bits per heavy atom. The van der Waals surface area contributed by atoms with Gasteiger partial charge in [-0.25, -0.2) is 15.0 Å². The van der Waals surface area contributed by atoms with Gasteiger partial charge in [-0.1, -0.05) is 0 Å². The molecule has 2 aromatic rings. The summed E-state index contributed by atoms with van der Waals surface area (Å²) >= 11 is 1.72. The highest BCUT2D eigenvalue weighted by Gasteiger charge is 2.22. The summed E-state index contributed by atoms with van der Waals surface area (Å²) in [5.41, 5.74) is 0.419. The van der Waals surface area contributed by atoms with Gasteiger partial charge in [-0.2, -0.15) is 0 Å². The van der Waals surface area contributed by atoms with Gasteiger partial charge < -0.3 is 10.2 Å². The third-order valence-electron chi connectivity index (χ3n) is 3.52. The lowest BCUT2D eigenvalue weighted by atomic mass is 10.1. The van der Waals surface area contributed by atoms with Crippen LogP contribution in [0.4, 0.5) is 5.13 Å². The van der Waals surface area contributed by atoms with E-state index >= 15 is 0 Å². The van der Waals surface area contributed by atoms with E-state index in [1.165, 1.54) is 11.2 Å². The van der Waals surface area contributed by atoms with Crippen molar-refractivity contribution in [2.24, 2.45) is 0 Å². The summed E-state index contributed by atoms with van der Waals surface area (Å²) in [6.45, 7) is 3.90. The van der Waals surface area contributed by atoms with Crippen molar-refractivity contribution in [2.45, 2.75) is 25.8 Å². The average Bonchev–Trinajstić information content (AvgIpc) is 2.95. The van der Waals surface area contributed by atoms with Crippen molar-refractivity contribution in [3.8, 4) is 0 Å². The molecule has 21 heavy (non-hydrogen) atoms. The van der Waals surface area contributed by atoms with Gasteiger partial charge in [0.1, 0.15) is 12.0 Å². The first kappa shape index (κ1) is 13.9. The highest BCUT2D eigenvalue weighted by molar-refractivity contribution is 7.15. The van der Waals surface area contributed by atoms with E-state index in [2.05, 4.69) is 32.1 Å². The van der Waals surface area contributed by atoms with Gasteiger partial charge in [-0.15, -0.1) is 11.3 Å². The first-order valence-corrected chi connectivity index (χ1v) is 7.78. The van der Waals surface area contributed by atoms with Crippen LogP contribution in [0.1, 0.15) is 28.2 Å². The Hall–Kier alpha value is -2.02. The van der Waals surface area contributed by atoms with E-state index < -0.39 is 0 Å². The Morgan fingerprint density at radius 2 is 2.19 bits per heavy atom. The lowest BCUT2D eigenvalue weighted by Crippen LogP contribution is -2.44. The summed E-state index contributed by atoms with van der Waals surface area (Å²) in [5, 5.41) is 4.12. The van der Waals surface area contributed by atoms with Crippen molar-refractivity contribution in [1.29, 1.82) is 0 Å². The highest BCUT2D eigenvalue weighted by Crippen LogP contribution is 2.24. The standard InChI is InChI=1S/C14H17N5OS/c1-10-8-16-14(21-10)19-6-3-11(4-7-19)18-13(20)12-2-5-15-9-17-12/h2,5,8-9,11H,3-4,6-7H2,1H3,(H,18,20). The van der Waals surface area contributed by atoms with Crippen LogP contribution in [-0.4, -0.2) is 40.0 Å². The second-order valence-electron chi connectivity index (χ2n) is 5.08. The maximum atomic E-state index is 12.0. The van der Waals surface area contributed by atoms with Gasteiger partial charge in [0, 0.05) is 36.4 Å². The van der Waals surface area contributed by atoms with Crippen molar-refractivity contribution >= 4 is 22.4 Å². The van der Waals surface area contributed by atoms with E-state index in [4.69, 9.17) is 0 Å². The maximum absolute atomic E-state index is 12.0. The molecule has 0 unspecified atom stereocenters. The SMILES string of the molecule is Cc1cnc(N2CCC(NC(=O)c3ccncn3)CC2)s1. The number of thiazole rings is 1. The molecule has 1 fully saturated rings. The van der Waals surface area contributed by atoms with Crippen molar-refractivity contribution < 1.29 is 4.79 Å². The third kappa shape index (κ3) is 3.36. The fraction of sp³-hybridized carbons (Fsp3) is 0.429. The van der Waals surface area contributed by atoms with Crippen LogP contribution in [0.15, 0.2) is 24.8 Å². The van der Waals surface area contributed by atoms with E-state index in [9.17, 15) is 4.79 Å². The first-order valence-electron chi connectivity index (χ1n) is 6.96. The molecule has 1 amide bonds. The quantitative estimate of drug-likeness (QED) is 0.933. The van der Waals surface area contributed by atoms with E-state index in [1.54, 1.807) is 23.6 Å². The number of amides is 1. The van der Waals surface area contributed by atoms with Crippen LogP contribution in [0, 0.1) is 6.92 Å². The van der Waals surface area contributed by atoms with Gasteiger partial charge in [0.25, 0.3) is 5.91 Å². The smallest absolute Gasteiger partial charge is 0.270 e. The summed E-state index contributed by atoms with van der Waals surface area (Å²) in [4.78, 5) is 27.7. The molecule has 3 rings (SSSR count). The number of nitrogens with one attached hydrogen (secondary N) is 1. The fourth-order valence-corrected chi connectivity index (χ4v) is 3.20. The number of piperidine rings is 1. The molecule has 1 N–H and O–H groups in total. The second-order valence-corrected chi connectivity index (χ2v) is 6.30. The molecule has 0 bridgehead atoms. The number of nitrogens with zero attached hydrogens (tertiary/aromatic N) is 4. The zero-order valence-corrected chi connectivity index (χ0v) is 12.6. The number of aromatic nitrogens is 3. The first-order chi connectivity index (χ1) is 10.2. The molecule has 110 valence electrons. The molecule has 0 radical (unpaired) electrons. The highest BCUT2D eigenvalue weighted by atomic mass is 32.1. The molecule has 0 aliphatic carbocycles.